The fourth-order valence-corrected chi connectivity index (χ4v) is 1.89. The van der Waals surface area contributed by atoms with Crippen LogP contribution in [0.2, 0.25) is 0 Å². The lowest BCUT2D eigenvalue weighted by Gasteiger charge is -2.06. The topological polar surface area (TPSA) is 72.3 Å². The van der Waals surface area contributed by atoms with Gasteiger partial charge < -0.3 is 16.6 Å². The molecule has 23 heavy (non-hydrogen) atoms. The third-order valence-corrected chi connectivity index (χ3v) is 2.92. The number of aromatic hydroxyl groups is 1. The molecule has 3 heteroatoms. The van der Waals surface area contributed by atoms with Gasteiger partial charge >= 0.3 is 0 Å². The van der Waals surface area contributed by atoms with Gasteiger partial charge in [-0.05, 0) is 31.0 Å². The number of rotatable bonds is 0. The molecule has 0 fully saturated rings. The molecule has 0 atom stereocenters. The molecule has 5 N–H and O–H groups in total. The molecule has 0 unspecified atom stereocenters. The van der Waals surface area contributed by atoms with E-state index in [-0.39, 0.29) is 5.75 Å². The van der Waals surface area contributed by atoms with Crippen LogP contribution in [0.25, 0.3) is 10.8 Å². The van der Waals surface area contributed by atoms with Crippen molar-refractivity contribution in [3.05, 3.63) is 72.3 Å². The van der Waals surface area contributed by atoms with Gasteiger partial charge in [-0.15, -0.1) is 0 Å². The normalized spacial score (nSPS) is 8.57. The van der Waals surface area contributed by atoms with Crippen molar-refractivity contribution in [2.45, 2.75) is 20.8 Å². The van der Waals surface area contributed by atoms with Crippen molar-refractivity contribution in [1.29, 1.82) is 0 Å². The van der Waals surface area contributed by atoms with Crippen LogP contribution in [0.4, 0.5) is 5.69 Å². The zero-order valence-corrected chi connectivity index (χ0v) is 14.5. The van der Waals surface area contributed by atoms with Gasteiger partial charge in [0.15, 0.2) is 0 Å². The molecular weight excluding hydrogens is 284 g/mol. The second-order valence-electron chi connectivity index (χ2n) is 4.33. The van der Waals surface area contributed by atoms with Gasteiger partial charge in [0.25, 0.3) is 0 Å². The maximum atomic E-state index is 9.58. The minimum Gasteiger partial charge on any atom is -0.505 e. The second-order valence-corrected chi connectivity index (χ2v) is 4.33. The molecule has 0 aliphatic rings. The Morgan fingerprint density at radius 1 is 0.783 bits per heavy atom. The Kier molecular flexibility index (Phi) is 10.7. The van der Waals surface area contributed by atoms with Gasteiger partial charge in [-0.3, -0.25) is 0 Å². The van der Waals surface area contributed by atoms with E-state index in [0.29, 0.717) is 5.69 Å². The molecule has 0 spiro atoms. The Labute approximate surface area is 139 Å². The first-order chi connectivity index (χ1) is 11.2. The highest BCUT2D eigenvalue weighted by molar-refractivity contribution is 5.96. The molecule has 0 saturated heterocycles. The lowest BCUT2D eigenvalue weighted by molar-refractivity contribution is 0.474. The van der Waals surface area contributed by atoms with Gasteiger partial charge in [0.05, 0.1) is 5.69 Å². The van der Waals surface area contributed by atoms with Crippen molar-refractivity contribution in [3.8, 4) is 5.75 Å². The highest BCUT2D eigenvalue weighted by Gasteiger charge is 2.05. The number of phenols is 1. The molecule has 0 heterocycles. The Morgan fingerprint density at radius 2 is 1.22 bits per heavy atom. The summed E-state index contributed by atoms with van der Waals surface area (Å²) in [6, 6.07) is 21.7. The van der Waals surface area contributed by atoms with E-state index in [1.54, 1.807) is 0 Å². The van der Waals surface area contributed by atoms with Gasteiger partial charge in [-0.1, -0.05) is 74.5 Å². The number of fused-ring (bicyclic) bond motifs is 1. The smallest absolute Gasteiger partial charge is 0.142 e. The Balaban J connectivity index is 0.000000407. The predicted octanol–water partition coefficient (Wildman–Crippen LogP) is 4.72. The number of benzene rings is 3. The van der Waals surface area contributed by atoms with Crippen LogP contribution >= 0.6 is 0 Å². The van der Waals surface area contributed by atoms with E-state index in [4.69, 9.17) is 5.73 Å². The van der Waals surface area contributed by atoms with Crippen molar-refractivity contribution < 1.29 is 5.11 Å². The third kappa shape index (κ3) is 6.41. The lowest BCUT2D eigenvalue weighted by atomic mass is 10.0. The minimum absolute atomic E-state index is 0.193. The summed E-state index contributed by atoms with van der Waals surface area (Å²) < 4.78 is 0. The number of hydrogen-bond donors (Lipinski definition) is 3. The average molecular weight is 312 g/mol. The van der Waals surface area contributed by atoms with E-state index in [2.05, 4.69) is 5.73 Å². The molecule has 3 aromatic carbocycles. The number of phenolic OH excluding ortho intramolecular Hbond substituents is 1. The van der Waals surface area contributed by atoms with Crippen LogP contribution in [0.15, 0.2) is 66.7 Å². The Bertz CT molecular complexity index is 640. The molecule has 0 radical (unpaired) electrons. The molecule has 3 nitrogen and oxygen atoms in total. The summed E-state index contributed by atoms with van der Waals surface area (Å²) in [5.41, 5.74) is 11.6. The van der Waals surface area contributed by atoms with E-state index in [1.807, 2.05) is 87.5 Å². The minimum atomic E-state index is 0.193. The Morgan fingerprint density at radius 3 is 1.70 bits per heavy atom. The van der Waals surface area contributed by atoms with Crippen LogP contribution in [0.3, 0.4) is 0 Å². The number of nitrogen functional groups attached to an aromatic ring is 1. The quantitative estimate of drug-likeness (QED) is 0.415. The summed E-state index contributed by atoms with van der Waals surface area (Å²) >= 11 is 0. The summed E-state index contributed by atoms with van der Waals surface area (Å²) in [6.07, 6.45) is 0. The summed E-state index contributed by atoms with van der Waals surface area (Å²) in [6.45, 7) is 5.85. The zero-order valence-electron chi connectivity index (χ0n) is 14.5. The summed E-state index contributed by atoms with van der Waals surface area (Å²) in [4.78, 5) is 0. The molecule has 0 amide bonds. The first kappa shape index (κ1) is 20.5. The monoisotopic (exact) mass is 312 g/mol. The summed E-state index contributed by atoms with van der Waals surface area (Å²) in [5.74, 6) is 0.193. The van der Waals surface area contributed by atoms with Gasteiger partial charge in [-0.25, -0.2) is 0 Å². The largest absolute Gasteiger partial charge is 0.505 e. The third-order valence-electron chi connectivity index (χ3n) is 2.92. The van der Waals surface area contributed by atoms with Crippen LogP contribution in [0.1, 0.15) is 19.4 Å². The molecule has 0 saturated carbocycles. The van der Waals surface area contributed by atoms with Crippen LogP contribution in [-0.4, -0.2) is 12.2 Å². The van der Waals surface area contributed by atoms with Crippen molar-refractivity contribution >= 4 is 16.5 Å². The van der Waals surface area contributed by atoms with Gasteiger partial charge in [-0.2, -0.15) is 0 Å². The fourth-order valence-electron chi connectivity index (χ4n) is 1.89. The van der Waals surface area contributed by atoms with Crippen LogP contribution in [-0.2, 0) is 0 Å². The number of anilines is 1. The standard InChI is InChI=1S/C11H11NO.C6H6.C2H6.CH5N/c1-7-6-8-4-2-3-5-9(8)10(12)11(7)13;1-2-4-6-5-3-1;2*1-2/h2-6,13H,12H2,1H3;1-6H;1-2H3;2H2,1H3. The number of aryl methyl sites for hydroxylation is 1. The number of hydrogen-bond acceptors (Lipinski definition) is 3. The first-order valence-electron chi connectivity index (χ1n) is 7.74. The molecule has 124 valence electrons. The van der Waals surface area contributed by atoms with E-state index in [1.165, 1.54) is 7.05 Å². The zero-order chi connectivity index (χ0) is 17.7. The molecule has 3 rings (SSSR count). The van der Waals surface area contributed by atoms with E-state index in [9.17, 15) is 5.11 Å². The van der Waals surface area contributed by atoms with E-state index in [0.717, 1.165) is 16.3 Å². The first-order valence-corrected chi connectivity index (χ1v) is 7.74. The highest BCUT2D eigenvalue weighted by atomic mass is 16.3. The van der Waals surface area contributed by atoms with Gasteiger partial charge in [0, 0.05) is 5.39 Å². The summed E-state index contributed by atoms with van der Waals surface area (Å²) in [5, 5.41) is 11.6. The molecule has 0 aliphatic heterocycles. The second kappa shape index (κ2) is 12.1. The van der Waals surface area contributed by atoms with Crippen molar-refractivity contribution in [3.63, 3.8) is 0 Å². The van der Waals surface area contributed by atoms with Crippen LogP contribution < -0.4 is 11.5 Å². The highest BCUT2D eigenvalue weighted by Crippen LogP contribution is 2.32. The van der Waals surface area contributed by atoms with Crippen molar-refractivity contribution in [2.24, 2.45) is 5.73 Å². The lowest BCUT2D eigenvalue weighted by Crippen LogP contribution is -1.89. The molecule has 0 bridgehead atoms. The SMILES string of the molecule is CC.CN.Cc1cc2ccccc2c(N)c1O.c1ccccc1. The van der Waals surface area contributed by atoms with Crippen molar-refractivity contribution in [1.82, 2.24) is 0 Å². The average Bonchev–Trinajstić information content (AvgIpc) is 2.65. The van der Waals surface area contributed by atoms with Crippen LogP contribution in [0, 0.1) is 6.92 Å². The van der Waals surface area contributed by atoms with Gasteiger partial charge in [0.2, 0.25) is 0 Å². The molecule has 0 aliphatic carbocycles. The van der Waals surface area contributed by atoms with Crippen LogP contribution in [0.5, 0.6) is 5.75 Å². The van der Waals surface area contributed by atoms with Crippen molar-refractivity contribution in [2.75, 3.05) is 12.8 Å². The molecule has 0 aromatic heterocycles. The van der Waals surface area contributed by atoms with E-state index >= 15 is 0 Å². The summed E-state index contributed by atoms with van der Waals surface area (Å²) in [7, 11) is 1.50. The predicted molar refractivity (Wildman–Crippen MR) is 103 cm³/mol. The Hall–Kier alpha value is -2.52. The maximum absolute atomic E-state index is 9.58. The van der Waals surface area contributed by atoms with E-state index < -0.39 is 0 Å². The maximum Gasteiger partial charge on any atom is 0.142 e. The molecule has 3 aromatic rings. The number of nitrogens with two attached hydrogens (primary N) is 2. The molecular formula is C20H28N2O. The van der Waals surface area contributed by atoms with Gasteiger partial charge in [0.1, 0.15) is 5.75 Å². The fraction of sp³-hybridized carbons (Fsp3) is 0.200.